The molecule has 0 aliphatic carbocycles. The van der Waals surface area contributed by atoms with E-state index < -0.39 is 36.6 Å². The van der Waals surface area contributed by atoms with Crippen LogP contribution in [0.25, 0.3) is 0 Å². The first-order valence-electron chi connectivity index (χ1n) is 5.48. The Labute approximate surface area is 110 Å². The van der Waals surface area contributed by atoms with Gasteiger partial charge in [-0.3, -0.25) is 9.78 Å². The maximum absolute atomic E-state index is 12.9. The molecule has 0 fully saturated rings. The SMILES string of the molecule is O=C(c1ccccn1)N1N=C(C(F)F)C[C@@]1(O)C(F)F. The Morgan fingerprint density at radius 3 is 2.55 bits per heavy atom. The summed E-state index contributed by atoms with van der Waals surface area (Å²) in [6, 6.07) is 4.09. The number of pyridine rings is 1. The number of aromatic nitrogens is 1. The highest BCUT2D eigenvalue weighted by molar-refractivity contribution is 5.97. The lowest BCUT2D eigenvalue weighted by molar-refractivity contribution is -0.164. The summed E-state index contributed by atoms with van der Waals surface area (Å²) in [4.78, 5) is 15.6. The fraction of sp³-hybridized carbons (Fsp3) is 0.364. The van der Waals surface area contributed by atoms with Crippen molar-refractivity contribution in [2.24, 2.45) is 5.10 Å². The van der Waals surface area contributed by atoms with E-state index in [2.05, 4.69) is 10.1 Å². The van der Waals surface area contributed by atoms with Gasteiger partial charge in [0.15, 0.2) is 0 Å². The minimum atomic E-state index is -3.45. The van der Waals surface area contributed by atoms with Crippen molar-refractivity contribution in [3.63, 3.8) is 0 Å². The van der Waals surface area contributed by atoms with Crippen molar-refractivity contribution >= 4 is 11.6 Å². The average molecular weight is 291 g/mol. The van der Waals surface area contributed by atoms with Crippen molar-refractivity contribution < 1.29 is 27.5 Å². The van der Waals surface area contributed by atoms with E-state index in [0.717, 1.165) is 0 Å². The summed E-state index contributed by atoms with van der Waals surface area (Å²) in [6.45, 7) is 0. The van der Waals surface area contributed by atoms with Crippen molar-refractivity contribution in [2.75, 3.05) is 0 Å². The number of carbonyl (C=O) groups excluding carboxylic acids is 1. The summed E-state index contributed by atoms with van der Waals surface area (Å²) < 4.78 is 50.9. The molecule has 0 saturated carbocycles. The summed E-state index contributed by atoms with van der Waals surface area (Å²) in [5.41, 5.74) is -4.34. The molecule has 1 aromatic rings. The maximum atomic E-state index is 12.9. The topological polar surface area (TPSA) is 65.8 Å². The molecule has 108 valence electrons. The Balaban J connectivity index is 2.38. The van der Waals surface area contributed by atoms with Crippen molar-refractivity contribution in [1.82, 2.24) is 9.99 Å². The Morgan fingerprint density at radius 1 is 1.35 bits per heavy atom. The fourth-order valence-electron chi connectivity index (χ4n) is 1.70. The molecular weight excluding hydrogens is 282 g/mol. The number of carbonyl (C=O) groups is 1. The number of rotatable bonds is 3. The largest absolute Gasteiger partial charge is 0.364 e. The molecule has 0 radical (unpaired) electrons. The number of halogens is 4. The van der Waals surface area contributed by atoms with Gasteiger partial charge in [-0.15, -0.1) is 0 Å². The number of hydrogen-bond acceptors (Lipinski definition) is 4. The van der Waals surface area contributed by atoms with Crippen molar-refractivity contribution in [2.45, 2.75) is 25.0 Å². The number of aliphatic hydroxyl groups is 1. The van der Waals surface area contributed by atoms with E-state index in [1.807, 2.05) is 0 Å². The zero-order chi connectivity index (χ0) is 14.9. The number of hydrogen-bond donors (Lipinski definition) is 1. The second-order valence-corrected chi connectivity index (χ2v) is 4.08. The van der Waals surface area contributed by atoms with Gasteiger partial charge >= 0.3 is 0 Å². The van der Waals surface area contributed by atoms with Crippen molar-refractivity contribution in [3.8, 4) is 0 Å². The predicted octanol–water partition coefficient (Wildman–Crippen LogP) is 1.50. The van der Waals surface area contributed by atoms with Crippen LogP contribution in [0.5, 0.6) is 0 Å². The highest BCUT2D eigenvalue weighted by atomic mass is 19.3. The predicted molar refractivity (Wildman–Crippen MR) is 59.4 cm³/mol. The number of alkyl halides is 4. The van der Waals surface area contributed by atoms with E-state index in [-0.39, 0.29) is 10.7 Å². The molecule has 0 unspecified atom stereocenters. The highest BCUT2D eigenvalue weighted by Gasteiger charge is 2.53. The first-order valence-corrected chi connectivity index (χ1v) is 5.48. The van der Waals surface area contributed by atoms with Gasteiger partial charge in [-0.2, -0.15) is 10.1 Å². The Hall–Kier alpha value is -2.03. The van der Waals surface area contributed by atoms with Crippen LogP contribution in [0.2, 0.25) is 0 Å². The van der Waals surface area contributed by atoms with Crippen LogP contribution in [-0.4, -0.2) is 45.3 Å². The monoisotopic (exact) mass is 291 g/mol. The maximum Gasteiger partial charge on any atom is 0.295 e. The summed E-state index contributed by atoms with van der Waals surface area (Å²) >= 11 is 0. The average Bonchev–Trinajstić information content (AvgIpc) is 2.79. The minimum absolute atomic E-state index is 0.0263. The molecule has 0 spiro atoms. The lowest BCUT2D eigenvalue weighted by atomic mass is 10.1. The second-order valence-electron chi connectivity index (χ2n) is 4.08. The van der Waals surface area contributed by atoms with Crippen LogP contribution >= 0.6 is 0 Å². The van der Waals surface area contributed by atoms with Gasteiger partial charge < -0.3 is 5.11 Å². The zero-order valence-corrected chi connectivity index (χ0v) is 9.88. The molecule has 2 rings (SSSR count). The number of amides is 1. The molecule has 1 atom stereocenters. The van der Waals surface area contributed by atoms with E-state index >= 15 is 0 Å². The molecule has 1 aromatic heterocycles. The van der Waals surface area contributed by atoms with Gasteiger partial charge in [0, 0.05) is 12.6 Å². The third-order valence-corrected chi connectivity index (χ3v) is 2.71. The van der Waals surface area contributed by atoms with Crippen LogP contribution < -0.4 is 0 Å². The molecule has 0 saturated heterocycles. The van der Waals surface area contributed by atoms with Crippen molar-refractivity contribution in [3.05, 3.63) is 30.1 Å². The molecular formula is C11H9F4N3O2. The van der Waals surface area contributed by atoms with Gasteiger partial charge in [-0.05, 0) is 12.1 Å². The molecule has 20 heavy (non-hydrogen) atoms. The molecule has 5 nitrogen and oxygen atoms in total. The van der Waals surface area contributed by atoms with Crippen LogP contribution in [0, 0.1) is 0 Å². The smallest absolute Gasteiger partial charge is 0.295 e. The van der Waals surface area contributed by atoms with Gasteiger partial charge in [-0.25, -0.2) is 17.6 Å². The molecule has 1 amide bonds. The van der Waals surface area contributed by atoms with Crippen LogP contribution in [0.3, 0.4) is 0 Å². The Kier molecular flexibility index (Phi) is 3.71. The first-order chi connectivity index (χ1) is 9.36. The number of nitrogens with zero attached hydrogens (tertiary/aromatic N) is 3. The molecule has 1 aliphatic heterocycles. The van der Waals surface area contributed by atoms with Crippen LogP contribution in [0.4, 0.5) is 17.6 Å². The quantitative estimate of drug-likeness (QED) is 0.858. The van der Waals surface area contributed by atoms with E-state index in [0.29, 0.717) is 0 Å². The van der Waals surface area contributed by atoms with Crippen LogP contribution in [0.15, 0.2) is 29.5 Å². The van der Waals surface area contributed by atoms with Crippen molar-refractivity contribution in [1.29, 1.82) is 0 Å². The third-order valence-electron chi connectivity index (χ3n) is 2.71. The molecule has 2 heterocycles. The first kappa shape index (κ1) is 14.4. The fourth-order valence-corrected chi connectivity index (χ4v) is 1.70. The molecule has 1 N–H and O–H groups in total. The normalized spacial score (nSPS) is 22.6. The highest BCUT2D eigenvalue weighted by Crippen LogP contribution is 2.33. The second kappa shape index (κ2) is 5.16. The molecule has 0 aromatic carbocycles. The minimum Gasteiger partial charge on any atom is -0.364 e. The molecule has 9 heteroatoms. The van der Waals surface area contributed by atoms with E-state index in [1.165, 1.54) is 24.4 Å². The summed E-state index contributed by atoms with van der Waals surface area (Å²) in [5, 5.41) is 12.9. The summed E-state index contributed by atoms with van der Waals surface area (Å²) in [7, 11) is 0. The van der Waals surface area contributed by atoms with Crippen LogP contribution in [-0.2, 0) is 0 Å². The standard InChI is InChI=1S/C11H9F4N3O2/c12-8(13)7-5-11(20,10(14)15)18(17-7)9(19)6-3-1-2-4-16-6/h1-4,8,10,20H,5H2/t11-/m1/s1. The van der Waals surface area contributed by atoms with E-state index in [4.69, 9.17) is 0 Å². The number of hydrazone groups is 1. The van der Waals surface area contributed by atoms with E-state index in [9.17, 15) is 27.5 Å². The third kappa shape index (κ3) is 2.36. The Bertz CT molecular complexity index is 538. The van der Waals surface area contributed by atoms with Gasteiger partial charge in [0.2, 0.25) is 5.72 Å². The van der Waals surface area contributed by atoms with Gasteiger partial charge in [0.1, 0.15) is 11.4 Å². The molecule has 0 bridgehead atoms. The van der Waals surface area contributed by atoms with Gasteiger partial charge in [-0.1, -0.05) is 6.07 Å². The molecule has 1 aliphatic rings. The lowest BCUT2D eigenvalue weighted by Crippen LogP contribution is -2.51. The van der Waals surface area contributed by atoms with Gasteiger partial charge in [0.25, 0.3) is 18.8 Å². The summed E-state index contributed by atoms with van der Waals surface area (Å²) in [6.07, 6.45) is -6.47. The summed E-state index contributed by atoms with van der Waals surface area (Å²) in [5.74, 6) is -1.18. The van der Waals surface area contributed by atoms with Crippen LogP contribution in [0.1, 0.15) is 16.9 Å². The zero-order valence-electron chi connectivity index (χ0n) is 9.88. The van der Waals surface area contributed by atoms with Gasteiger partial charge in [0.05, 0.1) is 0 Å². The Morgan fingerprint density at radius 2 is 2.05 bits per heavy atom. The lowest BCUT2D eigenvalue weighted by Gasteiger charge is -2.29. The van der Waals surface area contributed by atoms with E-state index in [1.54, 1.807) is 0 Å².